The molecular weight excluding hydrogens is 296 g/mol. The fourth-order valence-electron chi connectivity index (χ4n) is 3.04. The molecule has 3 heterocycles. The maximum absolute atomic E-state index is 12.2. The molecular formula is C15H24N6O2. The molecule has 1 N–H and O–H groups in total. The minimum Gasteiger partial charge on any atom is -0.342 e. The molecule has 8 nitrogen and oxygen atoms in total. The normalized spacial score (nSPS) is 19.2. The first-order valence-electron chi connectivity index (χ1n) is 8.17. The summed E-state index contributed by atoms with van der Waals surface area (Å²) in [6.45, 7) is 4.98. The average Bonchev–Trinajstić information content (AvgIpc) is 3.20. The van der Waals surface area contributed by atoms with Crippen LogP contribution in [0, 0.1) is 0 Å². The number of likely N-dealkylation sites (tertiary alicyclic amines) is 1. The van der Waals surface area contributed by atoms with Gasteiger partial charge in [0.15, 0.2) is 5.82 Å². The summed E-state index contributed by atoms with van der Waals surface area (Å²) >= 11 is 0. The van der Waals surface area contributed by atoms with Gasteiger partial charge in [-0.25, -0.2) is 4.79 Å². The van der Waals surface area contributed by atoms with Crippen LogP contribution in [-0.4, -0.2) is 82.2 Å². The van der Waals surface area contributed by atoms with Crippen molar-refractivity contribution in [3.05, 3.63) is 12.3 Å². The van der Waals surface area contributed by atoms with Crippen LogP contribution >= 0.6 is 0 Å². The van der Waals surface area contributed by atoms with E-state index in [1.165, 1.54) is 0 Å². The van der Waals surface area contributed by atoms with Crippen LogP contribution in [0.15, 0.2) is 12.3 Å². The van der Waals surface area contributed by atoms with E-state index in [0.717, 1.165) is 39.0 Å². The van der Waals surface area contributed by atoms with E-state index < -0.39 is 0 Å². The monoisotopic (exact) mass is 320 g/mol. The Morgan fingerprint density at radius 3 is 2.39 bits per heavy atom. The number of anilines is 1. The molecule has 0 unspecified atom stereocenters. The number of carbonyl (C=O) groups excluding carboxylic acids is 2. The predicted octanol–water partition coefficient (Wildman–Crippen LogP) is 0.192. The molecule has 8 heteroatoms. The Morgan fingerprint density at radius 2 is 1.78 bits per heavy atom. The second kappa shape index (κ2) is 6.99. The first-order valence-corrected chi connectivity index (χ1v) is 8.17. The number of piperazine rings is 1. The van der Waals surface area contributed by atoms with Crippen LogP contribution in [0.4, 0.5) is 10.6 Å². The van der Waals surface area contributed by atoms with E-state index in [4.69, 9.17) is 0 Å². The summed E-state index contributed by atoms with van der Waals surface area (Å²) in [6.07, 6.45) is 4.03. The molecule has 0 radical (unpaired) electrons. The van der Waals surface area contributed by atoms with Gasteiger partial charge in [-0.15, -0.1) is 0 Å². The van der Waals surface area contributed by atoms with Crippen molar-refractivity contribution >= 4 is 17.8 Å². The van der Waals surface area contributed by atoms with Crippen molar-refractivity contribution in [2.45, 2.75) is 12.8 Å². The number of nitrogens with zero attached hydrogens (tertiary/aromatic N) is 5. The van der Waals surface area contributed by atoms with E-state index in [-0.39, 0.29) is 11.9 Å². The third-order valence-corrected chi connectivity index (χ3v) is 4.43. The van der Waals surface area contributed by atoms with Crippen molar-refractivity contribution in [1.29, 1.82) is 0 Å². The Hall–Kier alpha value is -2.09. The molecule has 1 aromatic rings. The van der Waals surface area contributed by atoms with Gasteiger partial charge < -0.3 is 9.80 Å². The number of aryl methyl sites for hydroxylation is 1. The molecule has 0 atom stereocenters. The van der Waals surface area contributed by atoms with E-state index in [0.29, 0.717) is 25.5 Å². The van der Waals surface area contributed by atoms with E-state index >= 15 is 0 Å². The zero-order chi connectivity index (χ0) is 16.2. The highest BCUT2D eigenvalue weighted by molar-refractivity contribution is 5.88. The Morgan fingerprint density at radius 1 is 1.09 bits per heavy atom. The van der Waals surface area contributed by atoms with Gasteiger partial charge in [-0.1, -0.05) is 0 Å². The highest BCUT2D eigenvalue weighted by Gasteiger charge is 2.25. The first-order chi connectivity index (χ1) is 11.1. The van der Waals surface area contributed by atoms with E-state index in [1.807, 2.05) is 11.9 Å². The molecule has 23 heavy (non-hydrogen) atoms. The lowest BCUT2D eigenvalue weighted by atomic mass is 10.3. The summed E-state index contributed by atoms with van der Waals surface area (Å²) in [5.74, 6) is 0.776. The van der Waals surface area contributed by atoms with Gasteiger partial charge in [0.2, 0.25) is 5.91 Å². The molecule has 0 aliphatic carbocycles. The molecule has 2 aliphatic heterocycles. The molecule has 0 bridgehead atoms. The molecule has 2 saturated heterocycles. The Labute approximate surface area is 136 Å². The number of urea groups is 1. The van der Waals surface area contributed by atoms with Gasteiger partial charge in [-0.05, 0) is 12.8 Å². The lowest BCUT2D eigenvalue weighted by molar-refractivity contribution is -0.131. The quantitative estimate of drug-likeness (QED) is 0.863. The summed E-state index contributed by atoms with van der Waals surface area (Å²) in [5, 5.41) is 6.94. The van der Waals surface area contributed by atoms with Crippen LogP contribution < -0.4 is 5.32 Å². The molecule has 3 rings (SSSR count). The Bertz CT molecular complexity index is 558. The van der Waals surface area contributed by atoms with Crippen molar-refractivity contribution < 1.29 is 9.59 Å². The third-order valence-electron chi connectivity index (χ3n) is 4.43. The highest BCUT2D eigenvalue weighted by atomic mass is 16.2. The van der Waals surface area contributed by atoms with Crippen molar-refractivity contribution in [3.63, 3.8) is 0 Å². The van der Waals surface area contributed by atoms with Crippen LogP contribution in [0.25, 0.3) is 0 Å². The number of rotatable bonds is 3. The van der Waals surface area contributed by atoms with Crippen molar-refractivity contribution in [1.82, 2.24) is 24.5 Å². The molecule has 0 aromatic carbocycles. The summed E-state index contributed by atoms with van der Waals surface area (Å²) in [6, 6.07) is 1.64. The summed E-state index contributed by atoms with van der Waals surface area (Å²) in [4.78, 5) is 30.2. The van der Waals surface area contributed by atoms with Crippen molar-refractivity contribution in [3.8, 4) is 0 Å². The number of nitrogens with one attached hydrogen (secondary N) is 1. The van der Waals surface area contributed by atoms with Crippen molar-refractivity contribution in [2.75, 3.05) is 51.1 Å². The van der Waals surface area contributed by atoms with Gasteiger partial charge in [-0.3, -0.25) is 19.7 Å². The second-order valence-electron chi connectivity index (χ2n) is 6.16. The fourth-order valence-corrected chi connectivity index (χ4v) is 3.04. The molecule has 0 spiro atoms. The maximum atomic E-state index is 12.2. The molecule has 0 saturated carbocycles. The van der Waals surface area contributed by atoms with Gasteiger partial charge in [0.1, 0.15) is 0 Å². The summed E-state index contributed by atoms with van der Waals surface area (Å²) < 4.78 is 1.65. The topological polar surface area (TPSA) is 73.7 Å². The number of hydrogen-bond donors (Lipinski definition) is 1. The van der Waals surface area contributed by atoms with E-state index in [9.17, 15) is 9.59 Å². The van der Waals surface area contributed by atoms with E-state index in [1.54, 1.807) is 21.8 Å². The lowest BCUT2D eigenvalue weighted by Crippen LogP contribution is -2.52. The number of carbonyl (C=O) groups is 2. The minimum absolute atomic E-state index is 0.130. The van der Waals surface area contributed by atoms with Crippen LogP contribution in [0.3, 0.4) is 0 Å². The third kappa shape index (κ3) is 4.01. The van der Waals surface area contributed by atoms with E-state index in [2.05, 4.69) is 15.3 Å². The molecule has 3 amide bonds. The maximum Gasteiger partial charge on any atom is 0.323 e. The number of hydrogen-bond acceptors (Lipinski definition) is 4. The number of amides is 3. The first kappa shape index (κ1) is 15.8. The Kier molecular flexibility index (Phi) is 4.80. The van der Waals surface area contributed by atoms with Gasteiger partial charge in [0, 0.05) is 58.6 Å². The highest BCUT2D eigenvalue weighted by Crippen LogP contribution is 2.10. The van der Waals surface area contributed by atoms with Crippen LogP contribution in [-0.2, 0) is 11.8 Å². The minimum atomic E-state index is -0.130. The molecule has 1 aromatic heterocycles. The smallest absolute Gasteiger partial charge is 0.323 e. The van der Waals surface area contributed by atoms with Crippen LogP contribution in [0.2, 0.25) is 0 Å². The molecule has 126 valence electrons. The molecule has 2 aliphatic rings. The average molecular weight is 320 g/mol. The largest absolute Gasteiger partial charge is 0.342 e. The predicted molar refractivity (Wildman–Crippen MR) is 86.1 cm³/mol. The molecule has 2 fully saturated rings. The standard InChI is InChI=1S/C15H24N6O2/c1-18-7-4-13(17-18)16-15(23)21-10-8-19(9-11-21)12-14(22)20-5-2-3-6-20/h4,7H,2-3,5-6,8-12H2,1H3,(H,16,17,23). The van der Waals surface area contributed by atoms with Crippen LogP contribution in [0.1, 0.15) is 12.8 Å². The summed E-state index contributed by atoms with van der Waals surface area (Å²) in [7, 11) is 1.81. The Balaban J connectivity index is 1.42. The van der Waals surface area contributed by atoms with Crippen LogP contribution in [0.5, 0.6) is 0 Å². The van der Waals surface area contributed by atoms with Gasteiger partial charge >= 0.3 is 6.03 Å². The van der Waals surface area contributed by atoms with Gasteiger partial charge in [-0.2, -0.15) is 5.10 Å². The lowest BCUT2D eigenvalue weighted by Gasteiger charge is -2.34. The zero-order valence-electron chi connectivity index (χ0n) is 13.6. The van der Waals surface area contributed by atoms with Gasteiger partial charge in [0.25, 0.3) is 0 Å². The zero-order valence-corrected chi connectivity index (χ0v) is 13.6. The number of aromatic nitrogens is 2. The van der Waals surface area contributed by atoms with Gasteiger partial charge in [0.05, 0.1) is 6.54 Å². The fraction of sp³-hybridized carbons (Fsp3) is 0.667. The second-order valence-corrected chi connectivity index (χ2v) is 6.16. The SMILES string of the molecule is Cn1ccc(NC(=O)N2CCN(CC(=O)N3CCCC3)CC2)n1. The summed E-state index contributed by atoms with van der Waals surface area (Å²) in [5.41, 5.74) is 0. The van der Waals surface area contributed by atoms with Crippen molar-refractivity contribution in [2.24, 2.45) is 7.05 Å².